The van der Waals surface area contributed by atoms with Crippen LogP contribution in [0.1, 0.15) is 13.8 Å². The van der Waals surface area contributed by atoms with Crippen LogP contribution in [0.25, 0.3) is 0 Å². The maximum Gasteiger partial charge on any atom is 0.0642 e. The highest BCUT2D eigenvalue weighted by Crippen LogP contribution is 2.09. The number of morpholine rings is 1. The van der Waals surface area contributed by atoms with Crippen LogP contribution in [-0.2, 0) is 4.74 Å². The van der Waals surface area contributed by atoms with E-state index in [1.165, 1.54) is 15.9 Å². The second-order valence-corrected chi connectivity index (χ2v) is 4.68. The number of ether oxygens (including phenoxy) is 1. The first-order chi connectivity index (χ1) is 5.22. The zero-order chi connectivity index (χ0) is 8.27. The van der Waals surface area contributed by atoms with Gasteiger partial charge in [0.15, 0.2) is 0 Å². The van der Waals surface area contributed by atoms with Gasteiger partial charge in [-0.3, -0.25) is 0 Å². The average Bonchev–Trinajstić information content (AvgIpc) is 2.05. The first kappa shape index (κ1) is 8.81. The Morgan fingerprint density at radius 3 is 2.27 bits per heavy atom. The summed E-state index contributed by atoms with van der Waals surface area (Å²) in [5.41, 5.74) is 1.47. The SMILES string of the molecule is CC([SiH3])=C(C)N1CCOCC1. The van der Waals surface area contributed by atoms with Gasteiger partial charge in [-0.2, -0.15) is 0 Å². The van der Waals surface area contributed by atoms with Crippen LogP contribution in [0.5, 0.6) is 0 Å². The summed E-state index contributed by atoms with van der Waals surface area (Å²) in [4.78, 5) is 2.42. The molecule has 0 radical (unpaired) electrons. The molecule has 0 unspecified atom stereocenters. The molecule has 1 rings (SSSR count). The Bertz CT molecular complexity index is 157. The molecule has 0 saturated carbocycles. The van der Waals surface area contributed by atoms with Gasteiger partial charge in [0.05, 0.1) is 13.2 Å². The van der Waals surface area contributed by atoms with Gasteiger partial charge in [0.1, 0.15) is 0 Å². The first-order valence-corrected chi connectivity index (χ1v) is 5.18. The fraction of sp³-hybridized carbons (Fsp3) is 0.750. The molecule has 0 N–H and O–H groups in total. The quantitative estimate of drug-likeness (QED) is 0.512. The minimum Gasteiger partial charge on any atom is -0.378 e. The van der Waals surface area contributed by atoms with Crippen molar-refractivity contribution in [1.29, 1.82) is 0 Å². The molecular weight excluding hydrogens is 154 g/mol. The predicted octanol–water partition coefficient (Wildman–Crippen LogP) is -0.0646. The number of rotatable bonds is 1. The van der Waals surface area contributed by atoms with Gasteiger partial charge in [-0.25, -0.2) is 0 Å². The summed E-state index contributed by atoms with van der Waals surface area (Å²) in [6.07, 6.45) is 0. The monoisotopic (exact) mass is 171 g/mol. The van der Waals surface area contributed by atoms with Crippen molar-refractivity contribution in [2.45, 2.75) is 13.8 Å². The minimum atomic E-state index is 0.895. The zero-order valence-electron chi connectivity index (χ0n) is 7.68. The highest BCUT2D eigenvalue weighted by atomic mass is 28.1. The number of hydrogen-bond acceptors (Lipinski definition) is 2. The van der Waals surface area contributed by atoms with Crippen LogP contribution in [0, 0.1) is 0 Å². The van der Waals surface area contributed by atoms with Crippen molar-refractivity contribution in [3.8, 4) is 0 Å². The molecule has 0 aromatic carbocycles. The standard InChI is InChI=1S/C8H17NOSi/c1-7(8(2)11)9-3-5-10-6-4-9/h3-6H2,1-2,11H3. The lowest BCUT2D eigenvalue weighted by Crippen LogP contribution is -2.35. The average molecular weight is 171 g/mol. The first-order valence-electron chi connectivity index (χ1n) is 4.18. The molecular formula is C8H17NOSi. The van der Waals surface area contributed by atoms with Crippen LogP contribution in [0.2, 0.25) is 0 Å². The summed E-state index contributed by atoms with van der Waals surface area (Å²) in [5.74, 6) is 0. The Morgan fingerprint density at radius 2 is 1.82 bits per heavy atom. The summed E-state index contributed by atoms with van der Waals surface area (Å²) < 4.78 is 5.28. The van der Waals surface area contributed by atoms with Crippen LogP contribution < -0.4 is 0 Å². The van der Waals surface area contributed by atoms with Crippen molar-refractivity contribution in [2.24, 2.45) is 0 Å². The number of hydrogen-bond donors (Lipinski definition) is 0. The summed E-state index contributed by atoms with van der Waals surface area (Å²) in [7, 11) is 1.18. The molecule has 3 heteroatoms. The van der Waals surface area contributed by atoms with Crippen molar-refractivity contribution in [3.05, 3.63) is 10.9 Å². The van der Waals surface area contributed by atoms with Gasteiger partial charge in [-0.1, -0.05) is 5.20 Å². The van der Waals surface area contributed by atoms with Crippen molar-refractivity contribution in [1.82, 2.24) is 4.90 Å². The highest BCUT2D eigenvalue weighted by Gasteiger charge is 2.10. The van der Waals surface area contributed by atoms with E-state index in [2.05, 4.69) is 18.7 Å². The molecule has 11 heavy (non-hydrogen) atoms. The fourth-order valence-corrected chi connectivity index (χ4v) is 1.53. The van der Waals surface area contributed by atoms with Crippen LogP contribution in [0.3, 0.4) is 0 Å². The molecule has 0 atom stereocenters. The molecule has 2 nitrogen and oxygen atoms in total. The molecule has 0 amide bonds. The Kier molecular flexibility index (Phi) is 3.14. The Morgan fingerprint density at radius 1 is 1.27 bits per heavy atom. The second-order valence-electron chi connectivity index (χ2n) is 3.18. The highest BCUT2D eigenvalue weighted by molar-refractivity contribution is 6.21. The van der Waals surface area contributed by atoms with E-state index in [1.807, 2.05) is 0 Å². The molecule has 1 fully saturated rings. The summed E-state index contributed by atoms with van der Waals surface area (Å²) in [6, 6.07) is 0. The van der Waals surface area contributed by atoms with Crippen molar-refractivity contribution in [2.75, 3.05) is 26.3 Å². The predicted molar refractivity (Wildman–Crippen MR) is 50.7 cm³/mol. The van der Waals surface area contributed by atoms with Gasteiger partial charge >= 0.3 is 0 Å². The van der Waals surface area contributed by atoms with Crippen LogP contribution in [-0.4, -0.2) is 41.4 Å². The summed E-state index contributed by atoms with van der Waals surface area (Å²) in [5, 5.41) is 1.55. The van der Waals surface area contributed by atoms with Crippen LogP contribution in [0.15, 0.2) is 10.9 Å². The van der Waals surface area contributed by atoms with Crippen LogP contribution in [0.4, 0.5) is 0 Å². The van der Waals surface area contributed by atoms with E-state index < -0.39 is 0 Å². The van der Waals surface area contributed by atoms with E-state index in [0.29, 0.717) is 0 Å². The number of nitrogens with zero attached hydrogens (tertiary/aromatic N) is 1. The molecule has 0 aromatic heterocycles. The van der Waals surface area contributed by atoms with E-state index in [-0.39, 0.29) is 0 Å². The van der Waals surface area contributed by atoms with Gasteiger partial charge in [0, 0.05) is 29.0 Å². The van der Waals surface area contributed by atoms with E-state index in [0.717, 1.165) is 26.3 Å². The van der Waals surface area contributed by atoms with Gasteiger partial charge in [0.25, 0.3) is 0 Å². The molecule has 1 aliphatic rings. The zero-order valence-corrected chi connectivity index (χ0v) is 9.68. The lowest BCUT2D eigenvalue weighted by Gasteiger charge is -2.30. The third-order valence-electron chi connectivity index (χ3n) is 2.21. The molecule has 1 heterocycles. The van der Waals surface area contributed by atoms with Crippen molar-refractivity contribution < 1.29 is 4.74 Å². The van der Waals surface area contributed by atoms with Crippen molar-refractivity contribution >= 4 is 10.2 Å². The van der Waals surface area contributed by atoms with Gasteiger partial charge in [0.2, 0.25) is 0 Å². The van der Waals surface area contributed by atoms with Crippen molar-refractivity contribution in [3.63, 3.8) is 0 Å². The number of allylic oxidation sites excluding steroid dienone is 2. The lowest BCUT2D eigenvalue weighted by molar-refractivity contribution is 0.0535. The van der Waals surface area contributed by atoms with E-state index >= 15 is 0 Å². The van der Waals surface area contributed by atoms with Gasteiger partial charge in [-0.05, 0) is 13.8 Å². The third kappa shape index (κ3) is 2.34. The van der Waals surface area contributed by atoms with Crippen LogP contribution >= 0.6 is 0 Å². The minimum absolute atomic E-state index is 0.895. The Hall–Kier alpha value is -0.283. The third-order valence-corrected chi connectivity index (χ3v) is 2.93. The Labute approximate surface area is 71.6 Å². The van der Waals surface area contributed by atoms with E-state index in [1.54, 1.807) is 5.20 Å². The molecule has 64 valence electrons. The normalized spacial score (nSPS) is 21.8. The summed E-state index contributed by atoms with van der Waals surface area (Å²) >= 11 is 0. The van der Waals surface area contributed by atoms with Gasteiger partial charge < -0.3 is 9.64 Å². The smallest absolute Gasteiger partial charge is 0.0642 e. The molecule has 0 spiro atoms. The molecule has 0 aliphatic carbocycles. The fourth-order valence-electron chi connectivity index (χ4n) is 1.21. The maximum absolute atomic E-state index is 5.28. The molecule has 0 aromatic rings. The molecule has 1 aliphatic heterocycles. The second kappa shape index (κ2) is 3.92. The largest absolute Gasteiger partial charge is 0.378 e. The maximum atomic E-state index is 5.28. The summed E-state index contributed by atoms with van der Waals surface area (Å²) in [6.45, 7) is 8.37. The molecule has 1 saturated heterocycles. The lowest BCUT2D eigenvalue weighted by atomic mass is 10.3. The topological polar surface area (TPSA) is 12.5 Å². The van der Waals surface area contributed by atoms with E-state index in [4.69, 9.17) is 4.74 Å². The van der Waals surface area contributed by atoms with E-state index in [9.17, 15) is 0 Å². The van der Waals surface area contributed by atoms with Gasteiger partial charge in [-0.15, -0.1) is 0 Å². The Balaban J connectivity index is 2.52. The molecule has 0 bridgehead atoms.